The lowest BCUT2D eigenvalue weighted by Gasteiger charge is -2.27. The minimum Gasteiger partial charge on any atom is -0.382 e. The summed E-state index contributed by atoms with van der Waals surface area (Å²) in [6.07, 6.45) is 10.3. The zero-order valence-corrected chi connectivity index (χ0v) is 13.0. The average molecular weight is 282 g/mol. The van der Waals surface area contributed by atoms with E-state index in [-0.39, 0.29) is 0 Å². The molecule has 3 aliphatic rings. The summed E-state index contributed by atoms with van der Waals surface area (Å²) in [6.45, 7) is 4.80. The van der Waals surface area contributed by atoms with Gasteiger partial charge in [0, 0.05) is 30.5 Å². The van der Waals surface area contributed by atoms with E-state index in [2.05, 4.69) is 53.6 Å². The number of benzene rings is 1. The lowest BCUT2D eigenvalue weighted by molar-refractivity contribution is 0.400. The van der Waals surface area contributed by atoms with Gasteiger partial charge in [-0.3, -0.25) is 0 Å². The first-order valence-corrected chi connectivity index (χ1v) is 8.59. The van der Waals surface area contributed by atoms with Crippen LogP contribution in [0.1, 0.15) is 32.6 Å². The number of allylic oxidation sites excluding steroid dienone is 2. The molecule has 4 atom stereocenters. The molecule has 4 unspecified atom stereocenters. The molecule has 0 aromatic heterocycles. The summed E-state index contributed by atoms with van der Waals surface area (Å²) < 4.78 is 0. The number of fused-ring (bicyclic) bond motifs is 2. The maximum absolute atomic E-state index is 3.77. The molecular formula is C19H26N2. The highest BCUT2D eigenvalue weighted by molar-refractivity contribution is 5.58. The topological polar surface area (TPSA) is 15.3 Å². The Hall–Kier alpha value is -1.44. The van der Waals surface area contributed by atoms with Gasteiger partial charge in [0.1, 0.15) is 0 Å². The minimum absolute atomic E-state index is 0.568. The maximum atomic E-state index is 3.77. The van der Waals surface area contributed by atoms with Gasteiger partial charge >= 0.3 is 0 Å². The van der Waals surface area contributed by atoms with Crippen molar-refractivity contribution >= 4 is 11.4 Å². The van der Waals surface area contributed by atoms with E-state index in [1.54, 1.807) is 0 Å². The molecule has 0 amide bonds. The van der Waals surface area contributed by atoms with Crippen molar-refractivity contribution in [1.29, 1.82) is 0 Å². The SMILES string of the molecule is CC(Nc1cccc(N2CCCC2)c1)C1CC2C=CC1C2. The predicted octanol–water partition coefficient (Wildman–Crippen LogP) is 4.30. The molecule has 21 heavy (non-hydrogen) atoms. The first-order chi connectivity index (χ1) is 10.3. The van der Waals surface area contributed by atoms with Crippen molar-refractivity contribution in [1.82, 2.24) is 0 Å². The van der Waals surface area contributed by atoms with Gasteiger partial charge in [-0.15, -0.1) is 0 Å². The molecule has 1 saturated carbocycles. The molecule has 2 aliphatic carbocycles. The average Bonchev–Trinajstić information content (AvgIpc) is 3.24. The number of nitrogens with one attached hydrogen (secondary N) is 1. The molecule has 1 heterocycles. The molecule has 1 aliphatic heterocycles. The van der Waals surface area contributed by atoms with Crippen LogP contribution in [0, 0.1) is 17.8 Å². The normalized spacial score (nSPS) is 31.9. The van der Waals surface area contributed by atoms with Gasteiger partial charge in [0.25, 0.3) is 0 Å². The summed E-state index contributed by atoms with van der Waals surface area (Å²) in [6, 6.07) is 9.58. The molecule has 2 heteroatoms. The molecule has 4 rings (SSSR count). The van der Waals surface area contributed by atoms with Crippen LogP contribution >= 0.6 is 0 Å². The highest BCUT2D eigenvalue weighted by Gasteiger charge is 2.38. The van der Waals surface area contributed by atoms with E-state index in [1.165, 1.54) is 50.1 Å². The number of nitrogens with zero attached hydrogens (tertiary/aromatic N) is 1. The largest absolute Gasteiger partial charge is 0.382 e. The van der Waals surface area contributed by atoms with E-state index >= 15 is 0 Å². The van der Waals surface area contributed by atoms with E-state index in [4.69, 9.17) is 0 Å². The Labute approximate surface area is 128 Å². The Morgan fingerprint density at radius 1 is 1.14 bits per heavy atom. The van der Waals surface area contributed by atoms with E-state index in [9.17, 15) is 0 Å². The standard InChI is InChI=1S/C19H26N2/c1-14(19-12-15-7-8-16(19)11-15)20-17-5-4-6-18(13-17)21-9-2-3-10-21/h4-8,13-16,19-20H,2-3,9-12H2,1H3. The van der Waals surface area contributed by atoms with Gasteiger partial charge in [-0.25, -0.2) is 0 Å². The lowest BCUT2D eigenvalue weighted by atomic mass is 9.87. The monoisotopic (exact) mass is 282 g/mol. The Kier molecular flexibility index (Phi) is 3.40. The molecule has 1 saturated heterocycles. The van der Waals surface area contributed by atoms with Gasteiger partial charge in [0.2, 0.25) is 0 Å². The fourth-order valence-corrected chi connectivity index (χ4v) is 4.54. The van der Waals surface area contributed by atoms with Crippen LogP contribution in [0.2, 0.25) is 0 Å². The van der Waals surface area contributed by atoms with Crippen LogP contribution in [-0.4, -0.2) is 19.1 Å². The molecular weight excluding hydrogens is 256 g/mol. The number of hydrogen-bond acceptors (Lipinski definition) is 2. The van der Waals surface area contributed by atoms with Crippen LogP contribution in [0.4, 0.5) is 11.4 Å². The summed E-state index contributed by atoms with van der Waals surface area (Å²) in [5.74, 6) is 2.50. The maximum Gasteiger partial charge on any atom is 0.0386 e. The minimum atomic E-state index is 0.568. The summed E-state index contributed by atoms with van der Waals surface area (Å²) in [4.78, 5) is 2.51. The van der Waals surface area contributed by atoms with Crippen LogP contribution in [-0.2, 0) is 0 Å². The first-order valence-electron chi connectivity index (χ1n) is 8.59. The lowest BCUT2D eigenvalue weighted by Crippen LogP contribution is -2.29. The second-order valence-corrected chi connectivity index (χ2v) is 7.12. The fourth-order valence-electron chi connectivity index (χ4n) is 4.54. The highest BCUT2D eigenvalue weighted by Crippen LogP contribution is 2.45. The molecule has 0 radical (unpaired) electrons. The second-order valence-electron chi connectivity index (χ2n) is 7.12. The fraction of sp³-hybridized carbons (Fsp3) is 0.579. The first kappa shape index (κ1) is 13.2. The molecule has 0 spiro atoms. The number of hydrogen-bond donors (Lipinski definition) is 1. The van der Waals surface area contributed by atoms with Crippen molar-refractivity contribution in [2.75, 3.05) is 23.3 Å². The molecule has 2 nitrogen and oxygen atoms in total. The van der Waals surface area contributed by atoms with Gasteiger partial charge in [0.15, 0.2) is 0 Å². The molecule has 2 bridgehead atoms. The summed E-state index contributed by atoms with van der Waals surface area (Å²) in [5.41, 5.74) is 2.68. The number of anilines is 2. The van der Waals surface area contributed by atoms with Crippen molar-refractivity contribution < 1.29 is 0 Å². The summed E-state index contributed by atoms with van der Waals surface area (Å²) in [5, 5.41) is 3.77. The van der Waals surface area contributed by atoms with Crippen LogP contribution in [0.3, 0.4) is 0 Å². The van der Waals surface area contributed by atoms with E-state index in [0.29, 0.717) is 6.04 Å². The Bertz CT molecular complexity index is 530. The summed E-state index contributed by atoms with van der Waals surface area (Å²) >= 11 is 0. The predicted molar refractivity (Wildman–Crippen MR) is 89.8 cm³/mol. The van der Waals surface area contributed by atoms with E-state index < -0.39 is 0 Å². The van der Waals surface area contributed by atoms with Crippen LogP contribution in [0.5, 0.6) is 0 Å². The van der Waals surface area contributed by atoms with Crippen molar-refractivity contribution in [3.63, 3.8) is 0 Å². The second kappa shape index (κ2) is 5.40. The molecule has 112 valence electrons. The molecule has 1 aromatic rings. The van der Waals surface area contributed by atoms with E-state index in [0.717, 1.165) is 17.8 Å². The number of rotatable bonds is 4. The highest BCUT2D eigenvalue weighted by atomic mass is 15.1. The van der Waals surface area contributed by atoms with Crippen LogP contribution in [0.25, 0.3) is 0 Å². The zero-order valence-electron chi connectivity index (χ0n) is 13.0. The summed E-state index contributed by atoms with van der Waals surface area (Å²) in [7, 11) is 0. The molecule has 2 fully saturated rings. The van der Waals surface area contributed by atoms with Crippen LogP contribution in [0.15, 0.2) is 36.4 Å². The van der Waals surface area contributed by atoms with Crippen molar-refractivity contribution in [3.05, 3.63) is 36.4 Å². The Morgan fingerprint density at radius 3 is 2.71 bits per heavy atom. The van der Waals surface area contributed by atoms with Gasteiger partial charge in [-0.2, -0.15) is 0 Å². The molecule has 1 N–H and O–H groups in total. The smallest absolute Gasteiger partial charge is 0.0386 e. The van der Waals surface area contributed by atoms with Gasteiger partial charge in [-0.1, -0.05) is 18.2 Å². The Morgan fingerprint density at radius 2 is 2.00 bits per heavy atom. The quantitative estimate of drug-likeness (QED) is 0.828. The third-order valence-corrected chi connectivity index (χ3v) is 5.68. The van der Waals surface area contributed by atoms with Crippen LogP contribution < -0.4 is 10.2 Å². The van der Waals surface area contributed by atoms with E-state index in [1.807, 2.05) is 0 Å². The molecule has 1 aromatic carbocycles. The third-order valence-electron chi connectivity index (χ3n) is 5.68. The Balaban J connectivity index is 1.44. The van der Waals surface area contributed by atoms with Gasteiger partial charge in [0.05, 0.1) is 0 Å². The van der Waals surface area contributed by atoms with Crippen molar-refractivity contribution in [2.45, 2.75) is 38.6 Å². The zero-order chi connectivity index (χ0) is 14.2. The van der Waals surface area contributed by atoms with Gasteiger partial charge in [-0.05, 0) is 68.6 Å². The van der Waals surface area contributed by atoms with Crippen molar-refractivity contribution in [2.24, 2.45) is 17.8 Å². The third kappa shape index (κ3) is 2.56. The van der Waals surface area contributed by atoms with Crippen molar-refractivity contribution in [3.8, 4) is 0 Å². The van der Waals surface area contributed by atoms with Gasteiger partial charge < -0.3 is 10.2 Å².